The molecule has 0 aromatic heterocycles. The van der Waals surface area contributed by atoms with Gasteiger partial charge in [-0.25, -0.2) is 4.79 Å². The van der Waals surface area contributed by atoms with Gasteiger partial charge >= 0.3 is 5.97 Å². The van der Waals surface area contributed by atoms with Crippen LogP contribution in [0.15, 0.2) is 36.4 Å². The first-order valence-electron chi connectivity index (χ1n) is 8.93. The number of rotatable bonds is 9. The Balaban J connectivity index is 1.79. The first kappa shape index (κ1) is 20.0. The Hall–Kier alpha value is -2.34. The van der Waals surface area contributed by atoms with Gasteiger partial charge in [-0.2, -0.15) is 0 Å². The average Bonchev–Trinajstić information content (AvgIpc) is 3.16. The molecule has 1 aromatic carbocycles. The monoisotopic (exact) mass is 361 g/mol. The number of amides is 1. The highest BCUT2D eigenvalue weighted by atomic mass is 16.5. The summed E-state index contributed by atoms with van der Waals surface area (Å²) in [6.07, 6.45) is 2.23. The van der Waals surface area contributed by atoms with Gasteiger partial charge in [0.2, 0.25) is 0 Å². The summed E-state index contributed by atoms with van der Waals surface area (Å²) in [6.45, 7) is 9.54. The lowest BCUT2D eigenvalue weighted by atomic mass is 10.2. The maximum Gasteiger partial charge on any atom is 0.338 e. The standard InChI is InChI=1S/C20H27NO5/c1-4-21(12-15(2)3)19(22)14-26-20(23)16-7-9-17(10-8-16)25-13-18-6-5-11-24-18/h7-10,18H,2,4-6,11-14H2,1,3H3. The van der Waals surface area contributed by atoms with Gasteiger partial charge in [-0.05, 0) is 51.0 Å². The van der Waals surface area contributed by atoms with Gasteiger partial charge in [-0.3, -0.25) is 4.79 Å². The Morgan fingerprint density at radius 1 is 1.31 bits per heavy atom. The summed E-state index contributed by atoms with van der Waals surface area (Å²) in [5, 5.41) is 0. The van der Waals surface area contributed by atoms with E-state index in [4.69, 9.17) is 14.2 Å². The molecule has 0 aliphatic carbocycles. The topological polar surface area (TPSA) is 65.1 Å². The van der Waals surface area contributed by atoms with E-state index in [0.29, 0.717) is 31.0 Å². The lowest BCUT2D eigenvalue weighted by Crippen LogP contribution is -2.35. The van der Waals surface area contributed by atoms with Crippen molar-refractivity contribution in [1.82, 2.24) is 4.90 Å². The minimum absolute atomic E-state index is 0.145. The molecule has 142 valence electrons. The molecule has 1 fully saturated rings. The van der Waals surface area contributed by atoms with Crippen molar-refractivity contribution in [1.29, 1.82) is 0 Å². The fourth-order valence-electron chi connectivity index (χ4n) is 2.66. The van der Waals surface area contributed by atoms with Gasteiger partial charge in [0.1, 0.15) is 12.4 Å². The number of carbonyl (C=O) groups is 2. The van der Waals surface area contributed by atoms with E-state index in [1.54, 1.807) is 29.2 Å². The van der Waals surface area contributed by atoms with Crippen molar-refractivity contribution < 1.29 is 23.8 Å². The molecule has 1 atom stereocenters. The van der Waals surface area contributed by atoms with Crippen molar-refractivity contribution >= 4 is 11.9 Å². The number of likely N-dealkylation sites (N-methyl/N-ethyl adjacent to an activating group) is 1. The zero-order valence-electron chi connectivity index (χ0n) is 15.5. The molecule has 6 heteroatoms. The molecule has 2 rings (SSSR count). The van der Waals surface area contributed by atoms with Crippen LogP contribution in [-0.2, 0) is 14.3 Å². The summed E-state index contributed by atoms with van der Waals surface area (Å²) in [4.78, 5) is 25.8. The van der Waals surface area contributed by atoms with Crippen LogP contribution in [0.1, 0.15) is 37.0 Å². The Bertz CT molecular complexity index is 620. The first-order chi connectivity index (χ1) is 12.5. The fourth-order valence-corrected chi connectivity index (χ4v) is 2.66. The summed E-state index contributed by atoms with van der Waals surface area (Å²) < 4.78 is 16.3. The third-order valence-corrected chi connectivity index (χ3v) is 4.07. The second-order valence-corrected chi connectivity index (χ2v) is 6.41. The van der Waals surface area contributed by atoms with Crippen molar-refractivity contribution in [2.75, 3.05) is 32.9 Å². The molecule has 1 heterocycles. The van der Waals surface area contributed by atoms with Crippen molar-refractivity contribution in [3.8, 4) is 5.75 Å². The minimum atomic E-state index is -0.532. The maximum absolute atomic E-state index is 12.1. The lowest BCUT2D eigenvalue weighted by Gasteiger charge is -2.20. The maximum atomic E-state index is 12.1. The molecule has 0 spiro atoms. The lowest BCUT2D eigenvalue weighted by molar-refractivity contribution is -0.133. The second kappa shape index (κ2) is 9.97. The van der Waals surface area contributed by atoms with Crippen LogP contribution < -0.4 is 4.74 Å². The summed E-state index contributed by atoms with van der Waals surface area (Å²) in [5.74, 6) is -0.0949. The number of carbonyl (C=O) groups excluding carboxylic acids is 2. The highest BCUT2D eigenvalue weighted by Crippen LogP contribution is 2.17. The van der Waals surface area contributed by atoms with E-state index in [2.05, 4.69) is 6.58 Å². The van der Waals surface area contributed by atoms with E-state index < -0.39 is 5.97 Å². The second-order valence-electron chi connectivity index (χ2n) is 6.41. The van der Waals surface area contributed by atoms with Gasteiger partial charge in [0.25, 0.3) is 5.91 Å². The smallest absolute Gasteiger partial charge is 0.338 e. The Labute approximate surface area is 154 Å². The van der Waals surface area contributed by atoms with Gasteiger partial charge < -0.3 is 19.1 Å². The minimum Gasteiger partial charge on any atom is -0.491 e. The highest BCUT2D eigenvalue weighted by molar-refractivity contribution is 5.91. The zero-order chi connectivity index (χ0) is 18.9. The van der Waals surface area contributed by atoms with Gasteiger partial charge in [-0.1, -0.05) is 12.2 Å². The molecular weight excluding hydrogens is 334 g/mol. The number of ether oxygens (including phenoxy) is 3. The Kier molecular flexibility index (Phi) is 7.66. The number of hydrogen-bond acceptors (Lipinski definition) is 5. The van der Waals surface area contributed by atoms with Gasteiger partial charge in [0.15, 0.2) is 6.61 Å². The van der Waals surface area contributed by atoms with Crippen molar-refractivity contribution in [3.05, 3.63) is 42.0 Å². The molecule has 1 unspecified atom stereocenters. The van der Waals surface area contributed by atoms with Crippen LogP contribution in [-0.4, -0.2) is 55.8 Å². The molecule has 1 saturated heterocycles. The SMILES string of the molecule is C=C(C)CN(CC)C(=O)COC(=O)c1ccc(OCC2CCCO2)cc1. The molecule has 1 aliphatic rings. The molecule has 1 aliphatic heterocycles. The van der Waals surface area contributed by atoms with E-state index in [-0.39, 0.29) is 18.6 Å². The van der Waals surface area contributed by atoms with Crippen LogP contribution >= 0.6 is 0 Å². The average molecular weight is 361 g/mol. The van der Waals surface area contributed by atoms with Crippen LogP contribution in [0.2, 0.25) is 0 Å². The molecule has 26 heavy (non-hydrogen) atoms. The van der Waals surface area contributed by atoms with E-state index in [0.717, 1.165) is 25.0 Å². The quantitative estimate of drug-likeness (QED) is 0.500. The molecule has 1 amide bonds. The number of esters is 1. The summed E-state index contributed by atoms with van der Waals surface area (Å²) in [6, 6.07) is 6.69. The third-order valence-electron chi connectivity index (χ3n) is 4.07. The van der Waals surface area contributed by atoms with E-state index in [1.165, 1.54) is 0 Å². The largest absolute Gasteiger partial charge is 0.491 e. The first-order valence-corrected chi connectivity index (χ1v) is 8.93. The number of nitrogens with zero attached hydrogens (tertiary/aromatic N) is 1. The van der Waals surface area contributed by atoms with Crippen LogP contribution in [0.3, 0.4) is 0 Å². The molecule has 1 aromatic rings. The zero-order valence-corrected chi connectivity index (χ0v) is 15.5. The summed E-state index contributed by atoms with van der Waals surface area (Å²) >= 11 is 0. The summed E-state index contributed by atoms with van der Waals surface area (Å²) in [5.41, 5.74) is 1.26. The van der Waals surface area contributed by atoms with Crippen LogP contribution in [0.25, 0.3) is 0 Å². The predicted octanol–water partition coefficient (Wildman–Crippen LogP) is 2.83. The van der Waals surface area contributed by atoms with E-state index in [1.807, 2.05) is 13.8 Å². The summed E-state index contributed by atoms with van der Waals surface area (Å²) in [7, 11) is 0. The van der Waals surface area contributed by atoms with Gasteiger partial charge in [0, 0.05) is 19.7 Å². The van der Waals surface area contributed by atoms with Crippen LogP contribution in [0, 0.1) is 0 Å². The van der Waals surface area contributed by atoms with Gasteiger partial charge in [0.05, 0.1) is 11.7 Å². The van der Waals surface area contributed by atoms with E-state index in [9.17, 15) is 9.59 Å². The molecule has 0 bridgehead atoms. The predicted molar refractivity (Wildman–Crippen MR) is 98.3 cm³/mol. The normalized spacial score (nSPS) is 16.2. The van der Waals surface area contributed by atoms with Crippen LogP contribution in [0.4, 0.5) is 0 Å². The third kappa shape index (κ3) is 6.19. The van der Waals surface area contributed by atoms with Crippen molar-refractivity contribution in [2.24, 2.45) is 0 Å². The van der Waals surface area contributed by atoms with E-state index >= 15 is 0 Å². The Morgan fingerprint density at radius 2 is 2.04 bits per heavy atom. The number of hydrogen-bond donors (Lipinski definition) is 0. The van der Waals surface area contributed by atoms with Crippen molar-refractivity contribution in [3.63, 3.8) is 0 Å². The van der Waals surface area contributed by atoms with Gasteiger partial charge in [-0.15, -0.1) is 0 Å². The van der Waals surface area contributed by atoms with Crippen molar-refractivity contribution in [2.45, 2.75) is 32.8 Å². The molecule has 0 saturated carbocycles. The molecule has 6 nitrogen and oxygen atoms in total. The molecular formula is C20H27NO5. The highest BCUT2D eigenvalue weighted by Gasteiger charge is 2.17. The number of benzene rings is 1. The fraction of sp³-hybridized carbons (Fsp3) is 0.500. The van der Waals surface area contributed by atoms with Crippen LogP contribution in [0.5, 0.6) is 5.75 Å². The molecule has 0 radical (unpaired) electrons. The molecule has 0 N–H and O–H groups in total. The Morgan fingerprint density at radius 3 is 2.62 bits per heavy atom.